The van der Waals surface area contributed by atoms with Crippen LogP contribution in [0.5, 0.6) is 0 Å². The Morgan fingerprint density at radius 1 is 0.360 bits per heavy atom. The van der Waals surface area contributed by atoms with E-state index in [1.54, 1.807) is 0 Å². The van der Waals surface area contributed by atoms with E-state index in [9.17, 15) is 0 Å². The first kappa shape index (κ1) is 28.9. The summed E-state index contributed by atoms with van der Waals surface area (Å²) in [6, 6.07) is 62.9. The molecule has 0 amide bonds. The van der Waals surface area contributed by atoms with Crippen LogP contribution >= 0.6 is 0 Å². The van der Waals surface area contributed by atoms with Crippen LogP contribution in [0.1, 0.15) is 0 Å². The van der Waals surface area contributed by atoms with Crippen LogP contribution in [0, 0.1) is 0 Å². The first-order valence-electron chi connectivity index (χ1n) is 16.8. The molecule has 3 heterocycles. The molecule has 0 N–H and O–H groups in total. The van der Waals surface area contributed by atoms with Gasteiger partial charge in [0, 0.05) is 16.7 Å². The molecule has 0 saturated heterocycles. The Bertz CT molecular complexity index is 2790. The molecule has 10 aromatic rings. The van der Waals surface area contributed by atoms with Gasteiger partial charge in [-0.05, 0) is 6.07 Å². The molecule has 7 aromatic carbocycles. The molecule has 10 rings (SSSR count). The molecule has 0 aliphatic carbocycles. The second kappa shape index (κ2) is 11.8. The summed E-state index contributed by atoms with van der Waals surface area (Å²) in [6.07, 6.45) is 0. The topological polar surface area (TPSA) is 30.7 Å². The van der Waals surface area contributed by atoms with Gasteiger partial charge in [-0.25, -0.2) is 9.97 Å². The van der Waals surface area contributed by atoms with E-state index in [4.69, 9.17) is 9.97 Å². The minimum absolute atomic E-state index is 0.373. The number of nitrogens with zero attached hydrogens (tertiary/aromatic N) is 3. The number of fused-ring (bicyclic) bond motifs is 6. The smallest absolute Gasteiger partial charge is 0.228 e. The molecule has 3 aromatic heterocycles. The molecule has 50 heavy (non-hydrogen) atoms. The number of aromatic nitrogens is 3. The number of para-hydroxylation sites is 1. The van der Waals surface area contributed by atoms with Gasteiger partial charge in [-0.2, -0.15) is 0 Å². The number of rotatable bonds is 5. The average Bonchev–Trinajstić information content (AvgIpc) is 3.73. The van der Waals surface area contributed by atoms with Crippen molar-refractivity contribution in [1.82, 2.24) is 14.5 Å². The van der Waals surface area contributed by atoms with Gasteiger partial charge < -0.3 is 0 Å². The van der Waals surface area contributed by atoms with Crippen molar-refractivity contribution in [1.29, 1.82) is 0 Å². The fourth-order valence-corrected chi connectivity index (χ4v) is 9.47. The Hall–Kier alpha value is -6.06. The van der Waals surface area contributed by atoms with Crippen LogP contribution in [0.25, 0.3) is 91.8 Å². The van der Waals surface area contributed by atoms with E-state index in [1.165, 1.54) is 52.2 Å². The van der Waals surface area contributed by atoms with E-state index >= 15 is 0 Å². The summed E-state index contributed by atoms with van der Waals surface area (Å²) in [5.41, 5.74) is 10.9. The summed E-state index contributed by atoms with van der Waals surface area (Å²) in [6.45, 7) is 0. The van der Waals surface area contributed by atoms with Gasteiger partial charge in [0.05, 0.1) is 11.4 Å². The molecular weight excluding hydrogens is 673 g/mol. The molecule has 4 heteroatoms. The van der Waals surface area contributed by atoms with Crippen LogP contribution in [-0.2, 0) is 0 Å². The molecular formula is C46H29N3Se. The third kappa shape index (κ3) is 4.89. The van der Waals surface area contributed by atoms with Gasteiger partial charge in [0.15, 0.2) is 5.82 Å². The molecule has 0 radical (unpaired) electrons. The maximum absolute atomic E-state index is 5.05. The van der Waals surface area contributed by atoms with Crippen molar-refractivity contribution in [3.63, 3.8) is 0 Å². The number of hydrogen-bond donors (Lipinski definition) is 0. The zero-order chi connectivity index (χ0) is 33.0. The second-order valence-electron chi connectivity index (χ2n) is 12.6. The van der Waals surface area contributed by atoms with Gasteiger partial charge in [0.2, 0.25) is 0 Å². The molecule has 234 valence electrons. The number of benzene rings is 7. The minimum Gasteiger partial charge on any atom is -0.228 e. The second-order valence-corrected chi connectivity index (χ2v) is 14.9. The van der Waals surface area contributed by atoms with E-state index in [0.29, 0.717) is 20.3 Å². The van der Waals surface area contributed by atoms with Gasteiger partial charge in [-0.15, -0.1) is 0 Å². The molecule has 0 atom stereocenters. The predicted octanol–water partition coefficient (Wildman–Crippen LogP) is 11.6. The zero-order valence-corrected chi connectivity index (χ0v) is 28.7. The third-order valence-electron chi connectivity index (χ3n) is 9.63. The molecule has 0 spiro atoms. The van der Waals surface area contributed by atoms with Gasteiger partial charge in [0.25, 0.3) is 0 Å². The molecule has 0 unspecified atom stereocenters. The summed E-state index contributed by atoms with van der Waals surface area (Å²) in [4.78, 5) is 10.1. The van der Waals surface area contributed by atoms with Crippen LogP contribution in [0.2, 0.25) is 0 Å². The van der Waals surface area contributed by atoms with E-state index in [-0.39, 0.29) is 0 Å². The van der Waals surface area contributed by atoms with Crippen LogP contribution < -0.4 is 0 Å². The molecule has 0 bridgehead atoms. The van der Waals surface area contributed by atoms with E-state index in [0.717, 1.165) is 33.8 Å². The van der Waals surface area contributed by atoms with Crippen LogP contribution in [0.3, 0.4) is 0 Å². The van der Waals surface area contributed by atoms with E-state index in [1.807, 2.05) is 36.4 Å². The Morgan fingerprint density at radius 3 is 1.62 bits per heavy atom. The van der Waals surface area contributed by atoms with Crippen LogP contribution in [0.4, 0.5) is 0 Å². The van der Waals surface area contributed by atoms with Gasteiger partial charge in [-0.1, -0.05) is 60.7 Å². The van der Waals surface area contributed by atoms with Crippen molar-refractivity contribution in [2.24, 2.45) is 0 Å². The first-order chi connectivity index (χ1) is 24.8. The predicted molar refractivity (Wildman–Crippen MR) is 210 cm³/mol. The fourth-order valence-electron chi connectivity index (χ4n) is 7.19. The molecule has 0 saturated carbocycles. The third-order valence-corrected chi connectivity index (χ3v) is 12.0. The Balaban J connectivity index is 1.07. The van der Waals surface area contributed by atoms with Gasteiger partial charge in [0.1, 0.15) is 0 Å². The summed E-state index contributed by atoms with van der Waals surface area (Å²) in [5, 5.41) is 5.27. The summed E-state index contributed by atoms with van der Waals surface area (Å²) in [5.74, 6) is 0.710. The first-order valence-corrected chi connectivity index (χ1v) is 18.5. The van der Waals surface area contributed by atoms with Crippen molar-refractivity contribution in [3.05, 3.63) is 176 Å². The van der Waals surface area contributed by atoms with E-state index in [2.05, 4.69) is 144 Å². The van der Waals surface area contributed by atoms with Crippen molar-refractivity contribution in [3.8, 4) is 50.7 Å². The molecule has 0 aliphatic rings. The molecule has 0 fully saturated rings. The quantitative estimate of drug-likeness (QED) is 0.167. The zero-order valence-electron chi connectivity index (χ0n) is 27.0. The van der Waals surface area contributed by atoms with Gasteiger partial charge >= 0.3 is 186 Å². The van der Waals surface area contributed by atoms with Crippen LogP contribution in [-0.4, -0.2) is 29.0 Å². The monoisotopic (exact) mass is 703 g/mol. The average molecular weight is 703 g/mol. The molecule has 0 aliphatic heterocycles. The van der Waals surface area contributed by atoms with E-state index < -0.39 is 0 Å². The maximum atomic E-state index is 5.05. The van der Waals surface area contributed by atoms with Crippen molar-refractivity contribution < 1.29 is 0 Å². The normalized spacial score (nSPS) is 11.6. The SMILES string of the molecule is c1ccc(-c2cc(-c3ccccc3)nc(-c3ccc(-n4c5ccccc5c5cc(-c6ccc7[se]c8ccccc8c7c6)ccc54)cc3)n2)cc1. The standard InChI is InChI=1S/C46H29N3Se/c1-3-11-30(12-4-1)40-29-41(31-13-5-2-6-14-31)48-46(47-40)32-19-23-35(24-20-32)49-42-17-9-7-15-36(42)38-27-33(21-25-43(38)49)34-22-26-45-39(28-34)37-16-8-10-18-44(37)50-45/h1-29H. The number of hydrogen-bond acceptors (Lipinski definition) is 2. The Morgan fingerprint density at radius 2 is 0.900 bits per heavy atom. The Labute approximate surface area is 295 Å². The molecule has 3 nitrogen and oxygen atoms in total. The fraction of sp³-hybridized carbons (Fsp3) is 0. The minimum atomic E-state index is 0.373. The van der Waals surface area contributed by atoms with Gasteiger partial charge in [-0.3, -0.25) is 0 Å². The Kier molecular flexibility index (Phi) is 6.83. The summed E-state index contributed by atoms with van der Waals surface area (Å²) >= 11 is 0.373. The van der Waals surface area contributed by atoms with Crippen molar-refractivity contribution in [2.45, 2.75) is 0 Å². The van der Waals surface area contributed by atoms with Crippen molar-refractivity contribution in [2.75, 3.05) is 0 Å². The summed E-state index contributed by atoms with van der Waals surface area (Å²) in [7, 11) is 0. The summed E-state index contributed by atoms with van der Waals surface area (Å²) < 4.78 is 5.32. The van der Waals surface area contributed by atoms with Crippen molar-refractivity contribution >= 4 is 55.6 Å². The van der Waals surface area contributed by atoms with Crippen LogP contribution in [0.15, 0.2) is 176 Å².